The van der Waals surface area contributed by atoms with Gasteiger partial charge in [-0.3, -0.25) is 14.5 Å². The molecule has 6 nitrogen and oxygen atoms in total. The van der Waals surface area contributed by atoms with Gasteiger partial charge in [0.15, 0.2) is 0 Å². The van der Waals surface area contributed by atoms with Gasteiger partial charge in [0.25, 0.3) is 11.5 Å². The van der Waals surface area contributed by atoms with Gasteiger partial charge in [-0.25, -0.2) is 0 Å². The Labute approximate surface area is 136 Å². The molecule has 2 aliphatic rings. The van der Waals surface area contributed by atoms with Gasteiger partial charge in [0.1, 0.15) is 5.56 Å². The molecule has 3 atom stereocenters. The Bertz CT molecular complexity index is 640. The summed E-state index contributed by atoms with van der Waals surface area (Å²) in [4.78, 5) is 29.7. The molecule has 1 aromatic rings. The maximum Gasteiger partial charge on any atom is 0.261 e. The van der Waals surface area contributed by atoms with E-state index in [-0.39, 0.29) is 35.1 Å². The van der Waals surface area contributed by atoms with E-state index in [1.54, 1.807) is 6.07 Å². The number of hydrogen-bond acceptors (Lipinski definition) is 4. The molecule has 1 aromatic heterocycles. The van der Waals surface area contributed by atoms with Crippen molar-refractivity contribution in [2.75, 3.05) is 19.7 Å². The molecule has 2 N–H and O–H groups in total. The van der Waals surface area contributed by atoms with Crippen molar-refractivity contribution >= 4 is 5.91 Å². The highest BCUT2D eigenvalue weighted by atomic mass is 16.5. The Balaban J connectivity index is 1.65. The van der Waals surface area contributed by atoms with E-state index >= 15 is 0 Å². The van der Waals surface area contributed by atoms with Crippen molar-refractivity contribution < 1.29 is 9.53 Å². The minimum atomic E-state index is -0.318. The van der Waals surface area contributed by atoms with E-state index in [1.165, 1.54) is 0 Å². The summed E-state index contributed by atoms with van der Waals surface area (Å²) in [5.41, 5.74) is 0.709. The molecule has 0 unspecified atom stereocenters. The molecule has 2 saturated heterocycles. The average Bonchev–Trinajstić information content (AvgIpc) is 2.88. The topological polar surface area (TPSA) is 74.4 Å². The zero-order valence-electron chi connectivity index (χ0n) is 14.0. The number of morpholine rings is 1. The molecule has 0 bridgehead atoms. The Morgan fingerprint density at radius 2 is 2.17 bits per heavy atom. The largest absolute Gasteiger partial charge is 0.376 e. The lowest BCUT2D eigenvalue weighted by Crippen LogP contribution is -2.45. The van der Waals surface area contributed by atoms with Crippen LogP contribution in [0.4, 0.5) is 0 Å². The fourth-order valence-electron chi connectivity index (χ4n) is 3.41. The molecule has 2 aliphatic heterocycles. The molecule has 2 fully saturated rings. The zero-order chi connectivity index (χ0) is 16.6. The summed E-state index contributed by atoms with van der Waals surface area (Å²) in [6, 6.07) is 3.88. The highest BCUT2D eigenvalue weighted by Gasteiger charge is 2.36. The number of aromatic nitrogens is 1. The van der Waals surface area contributed by atoms with Crippen LogP contribution in [-0.2, 0) is 4.74 Å². The van der Waals surface area contributed by atoms with E-state index in [0.717, 1.165) is 31.8 Å². The first kappa shape index (κ1) is 16.2. The van der Waals surface area contributed by atoms with Crippen molar-refractivity contribution in [3.05, 3.63) is 33.7 Å². The van der Waals surface area contributed by atoms with Crippen LogP contribution in [0.3, 0.4) is 0 Å². The fourth-order valence-corrected chi connectivity index (χ4v) is 3.41. The average molecular weight is 319 g/mol. The highest BCUT2D eigenvalue weighted by molar-refractivity contribution is 5.94. The molecule has 0 spiro atoms. The first-order valence-corrected chi connectivity index (χ1v) is 8.33. The van der Waals surface area contributed by atoms with Crippen LogP contribution in [-0.4, -0.2) is 53.7 Å². The van der Waals surface area contributed by atoms with Crippen molar-refractivity contribution in [3.63, 3.8) is 0 Å². The predicted octanol–water partition coefficient (Wildman–Crippen LogP) is 1.09. The summed E-state index contributed by atoms with van der Waals surface area (Å²) >= 11 is 0. The number of carbonyl (C=O) groups is 1. The maximum atomic E-state index is 12.4. The van der Waals surface area contributed by atoms with Gasteiger partial charge in [0, 0.05) is 30.9 Å². The van der Waals surface area contributed by atoms with E-state index in [0.29, 0.717) is 6.04 Å². The third kappa shape index (κ3) is 3.48. The third-order valence-electron chi connectivity index (χ3n) is 4.73. The van der Waals surface area contributed by atoms with E-state index in [4.69, 9.17) is 4.74 Å². The minimum Gasteiger partial charge on any atom is -0.376 e. The smallest absolute Gasteiger partial charge is 0.261 e. The van der Waals surface area contributed by atoms with Crippen molar-refractivity contribution in [2.45, 2.75) is 51.3 Å². The van der Waals surface area contributed by atoms with E-state index in [1.807, 2.05) is 19.9 Å². The molecule has 3 rings (SSSR count). The number of nitrogens with one attached hydrogen (secondary N) is 2. The van der Waals surface area contributed by atoms with Crippen molar-refractivity contribution in [1.29, 1.82) is 0 Å². The number of carbonyl (C=O) groups excluding carboxylic acids is 1. The Morgan fingerprint density at radius 3 is 2.87 bits per heavy atom. The monoisotopic (exact) mass is 319 g/mol. The van der Waals surface area contributed by atoms with Gasteiger partial charge in [-0.15, -0.1) is 0 Å². The minimum absolute atomic E-state index is 0.0746. The van der Waals surface area contributed by atoms with Gasteiger partial charge >= 0.3 is 0 Å². The number of hydrogen-bond donors (Lipinski definition) is 2. The van der Waals surface area contributed by atoms with E-state index < -0.39 is 0 Å². The number of pyridine rings is 1. The van der Waals surface area contributed by atoms with Crippen LogP contribution < -0.4 is 10.9 Å². The second kappa shape index (κ2) is 6.45. The Hall–Kier alpha value is -1.66. The molecule has 0 aliphatic carbocycles. The lowest BCUT2D eigenvalue weighted by molar-refractivity contribution is -0.0390. The molecule has 0 aromatic carbocycles. The fraction of sp³-hybridized carbons (Fsp3) is 0.647. The summed E-state index contributed by atoms with van der Waals surface area (Å²) in [6.45, 7) is 8.52. The van der Waals surface area contributed by atoms with Crippen LogP contribution in [0.25, 0.3) is 0 Å². The van der Waals surface area contributed by atoms with Gasteiger partial charge in [0.05, 0.1) is 12.7 Å². The summed E-state index contributed by atoms with van der Waals surface area (Å²) in [5.74, 6) is -0.0621. The molecule has 23 heavy (non-hydrogen) atoms. The second-order valence-corrected chi connectivity index (χ2v) is 6.97. The summed E-state index contributed by atoms with van der Waals surface area (Å²) < 4.78 is 5.67. The number of rotatable bonds is 3. The van der Waals surface area contributed by atoms with Crippen LogP contribution in [0.1, 0.15) is 49.2 Å². The zero-order valence-corrected chi connectivity index (χ0v) is 14.0. The van der Waals surface area contributed by atoms with Gasteiger partial charge in [-0.1, -0.05) is 13.8 Å². The highest BCUT2D eigenvalue weighted by Crippen LogP contribution is 2.23. The summed E-state index contributed by atoms with van der Waals surface area (Å²) in [6.07, 6.45) is 1.12. The van der Waals surface area contributed by atoms with Gasteiger partial charge in [-0.05, 0) is 31.4 Å². The van der Waals surface area contributed by atoms with E-state index in [9.17, 15) is 9.59 Å². The first-order chi connectivity index (χ1) is 10.9. The molecule has 1 amide bonds. The lowest BCUT2D eigenvalue weighted by Gasteiger charge is -2.33. The molecule has 0 saturated carbocycles. The first-order valence-electron chi connectivity index (χ1n) is 8.33. The quantitative estimate of drug-likeness (QED) is 0.874. The van der Waals surface area contributed by atoms with Crippen molar-refractivity contribution in [2.24, 2.45) is 0 Å². The lowest BCUT2D eigenvalue weighted by atomic mass is 10.1. The van der Waals surface area contributed by atoms with Crippen LogP contribution in [0, 0.1) is 0 Å². The molecular weight excluding hydrogens is 294 g/mol. The van der Waals surface area contributed by atoms with Crippen LogP contribution >= 0.6 is 0 Å². The SMILES string of the molecule is CC(C)c1ccc(C(=O)N[C@H]2C[C@H]3CO[C@H](C)CN3C2)c(=O)[nH]1. The second-order valence-electron chi connectivity index (χ2n) is 6.97. The summed E-state index contributed by atoms with van der Waals surface area (Å²) in [5, 5.41) is 3.00. The number of amides is 1. The maximum absolute atomic E-state index is 12.4. The molecule has 6 heteroatoms. The number of H-pyrrole nitrogens is 1. The third-order valence-corrected chi connectivity index (χ3v) is 4.73. The van der Waals surface area contributed by atoms with E-state index in [2.05, 4.69) is 22.1 Å². The Kier molecular flexibility index (Phi) is 4.55. The number of fused-ring (bicyclic) bond motifs is 1. The van der Waals surface area contributed by atoms with Gasteiger partial charge in [0.2, 0.25) is 0 Å². The van der Waals surface area contributed by atoms with Crippen LogP contribution in [0.15, 0.2) is 16.9 Å². The van der Waals surface area contributed by atoms with Crippen LogP contribution in [0.5, 0.6) is 0 Å². The number of aromatic amines is 1. The normalized spacial score (nSPS) is 27.9. The predicted molar refractivity (Wildman–Crippen MR) is 87.8 cm³/mol. The van der Waals surface area contributed by atoms with Crippen molar-refractivity contribution in [3.8, 4) is 0 Å². The number of nitrogens with zero attached hydrogens (tertiary/aromatic N) is 1. The summed E-state index contributed by atoms with van der Waals surface area (Å²) in [7, 11) is 0. The molecule has 3 heterocycles. The number of ether oxygens (including phenoxy) is 1. The van der Waals surface area contributed by atoms with Gasteiger partial charge < -0.3 is 15.0 Å². The molecule has 126 valence electrons. The standard InChI is InChI=1S/C17H25N3O3/c1-10(2)15-5-4-14(17(22)19-15)16(21)18-12-6-13-9-23-11(3)7-20(13)8-12/h4-5,10-13H,6-9H2,1-3H3,(H,18,21)(H,19,22)/t11-,12+,13+/m1/s1. The van der Waals surface area contributed by atoms with Gasteiger partial charge in [-0.2, -0.15) is 0 Å². The van der Waals surface area contributed by atoms with Crippen LogP contribution in [0.2, 0.25) is 0 Å². The molecule has 0 radical (unpaired) electrons. The molecular formula is C17H25N3O3. The van der Waals surface area contributed by atoms with Crippen molar-refractivity contribution in [1.82, 2.24) is 15.2 Å². The Morgan fingerprint density at radius 1 is 1.39 bits per heavy atom.